The zero-order valence-corrected chi connectivity index (χ0v) is 11.3. The Balaban J connectivity index is 1.76. The number of halogens is 1. The fourth-order valence-electron chi connectivity index (χ4n) is 1.93. The van der Waals surface area contributed by atoms with Crippen LogP contribution in [0.4, 0.5) is 5.69 Å². The Bertz CT molecular complexity index is 675. The lowest BCUT2D eigenvalue weighted by Crippen LogP contribution is -1.98. The van der Waals surface area contributed by atoms with Gasteiger partial charge in [0.2, 0.25) is 0 Å². The number of nitrogens with one attached hydrogen (secondary N) is 1. The molecule has 90 valence electrons. The van der Waals surface area contributed by atoms with Crippen LogP contribution < -0.4 is 5.32 Å². The first-order valence-corrected chi connectivity index (χ1v) is 7.02. The summed E-state index contributed by atoms with van der Waals surface area (Å²) >= 11 is 7.73. The molecule has 0 aliphatic heterocycles. The van der Waals surface area contributed by atoms with E-state index in [1.54, 1.807) is 11.3 Å². The Labute approximate surface area is 115 Å². The van der Waals surface area contributed by atoms with Gasteiger partial charge in [-0.15, -0.1) is 11.3 Å². The van der Waals surface area contributed by atoms with Crippen molar-refractivity contribution >= 4 is 38.7 Å². The van der Waals surface area contributed by atoms with E-state index in [9.17, 15) is 0 Å². The summed E-state index contributed by atoms with van der Waals surface area (Å²) in [6, 6.07) is 16.5. The maximum Gasteiger partial charge on any atom is 0.0409 e. The van der Waals surface area contributed by atoms with Crippen molar-refractivity contribution < 1.29 is 0 Å². The van der Waals surface area contributed by atoms with Crippen LogP contribution in [0.15, 0.2) is 53.9 Å². The molecule has 18 heavy (non-hydrogen) atoms. The van der Waals surface area contributed by atoms with E-state index in [-0.39, 0.29) is 0 Å². The minimum absolute atomic E-state index is 0.780. The third-order valence-corrected chi connectivity index (χ3v) is 3.97. The number of hydrogen-bond donors (Lipinski definition) is 1. The van der Waals surface area contributed by atoms with Crippen molar-refractivity contribution in [3.05, 3.63) is 64.5 Å². The van der Waals surface area contributed by atoms with Crippen LogP contribution in [-0.2, 0) is 6.54 Å². The molecule has 0 fully saturated rings. The van der Waals surface area contributed by atoms with Gasteiger partial charge in [0.25, 0.3) is 0 Å². The second kappa shape index (κ2) is 5.01. The van der Waals surface area contributed by atoms with Gasteiger partial charge in [-0.1, -0.05) is 23.7 Å². The fraction of sp³-hybridized carbons (Fsp3) is 0.0667. The number of benzene rings is 2. The van der Waals surface area contributed by atoms with Crippen molar-refractivity contribution in [2.24, 2.45) is 0 Å². The molecule has 0 atom stereocenters. The monoisotopic (exact) mass is 273 g/mol. The van der Waals surface area contributed by atoms with Gasteiger partial charge >= 0.3 is 0 Å². The smallest absolute Gasteiger partial charge is 0.0409 e. The summed E-state index contributed by atoms with van der Waals surface area (Å²) in [4.78, 5) is 0. The van der Waals surface area contributed by atoms with Crippen LogP contribution in [0.3, 0.4) is 0 Å². The van der Waals surface area contributed by atoms with Gasteiger partial charge in [-0.25, -0.2) is 0 Å². The first-order valence-electron chi connectivity index (χ1n) is 5.77. The Morgan fingerprint density at radius 1 is 1.06 bits per heavy atom. The highest BCUT2D eigenvalue weighted by atomic mass is 35.5. The number of anilines is 1. The van der Waals surface area contributed by atoms with Gasteiger partial charge in [-0.05, 0) is 52.7 Å². The molecule has 1 heterocycles. The predicted octanol–water partition coefficient (Wildman–Crippen LogP) is 5.17. The summed E-state index contributed by atoms with van der Waals surface area (Å²) in [5.74, 6) is 0. The molecule has 0 unspecified atom stereocenters. The molecule has 3 heteroatoms. The van der Waals surface area contributed by atoms with Gasteiger partial charge in [0.15, 0.2) is 0 Å². The van der Waals surface area contributed by atoms with Crippen LogP contribution in [0.1, 0.15) is 5.56 Å². The molecule has 1 aromatic heterocycles. The summed E-state index contributed by atoms with van der Waals surface area (Å²) in [5, 5.41) is 7.60. The zero-order chi connectivity index (χ0) is 12.4. The Morgan fingerprint density at radius 2 is 2.00 bits per heavy atom. The first kappa shape index (κ1) is 11.6. The van der Waals surface area contributed by atoms with Crippen LogP contribution in [0.25, 0.3) is 10.1 Å². The number of fused-ring (bicyclic) bond motifs is 1. The minimum atomic E-state index is 0.780. The van der Waals surface area contributed by atoms with Crippen molar-refractivity contribution in [1.29, 1.82) is 0 Å². The van der Waals surface area contributed by atoms with Crippen molar-refractivity contribution in [3.8, 4) is 0 Å². The highest BCUT2D eigenvalue weighted by Crippen LogP contribution is 2.24. The normalized spacial score (nSPS) is 10.7. The summed E-state index contributed by atoms with van der Waals surface area (Å²) in [6.45, 7) is 0.788. The van der Waals surface area contributed by atoms with Crippen molar-refractivity contribution in [1.82, 2.24) is 0 Å². The fourth-order valence-corrected chi connectivity index (χ4v) is 2.91. The minimum Gasteiger partial charge on any atom is -0.381 e. The molecule has 2 aromatic carbocycles. The van der Waals surface area contributed by atoms with Crippen LogP contribution >= 0.6 is 22.9 Å². The van der Waals surface area contributed by atoms with Gasteiger partial charge in [0.1, 0.15) is 0 Å². The van der Waals surface area contributed by atoms with Gasteiger partial charge < -0.3 is 5.32 Å². The molecule has 0 bridgehead atoms. The summed E-state index contributed by atoms with van der Waals surface area (Å²) in [5.41, 5.74) is 2.33. The maximum absolute atomic E-state index is 5.96. The van der Waals surface area contributed by atoms with Crippen LogP contribution in [0.5, 0.6) is 0 Å². The van der Waals surface area contributed by atoms with Gasteiger partial charge in [-0.2, -0.15) is 0 Å². The first-order chi connectivity index (χ1) is 8.81. The molecular weight excluding hydrogens is 262 g/mol. The average Bonchev–Trinajstić information content (AvgIpc) is 2.84. The second-order valence-electron chi connectivity index (χ2n) is 4.16. The molecule has 0 aliphatic rings. The summed E-state index contributed by atoms with van der Waals surface area (Å²) in [6.07, 6.45) is 0. The van der Waals surface area contributed by atoms with Gasteiger partial charge in [-0.3, -0.25) is 0 Å². The molecule has 0 saturated carbocycles. The van der Waals surface area contributed by atoms with E-state index in [1.807, 2.05) is 18.2 Å². The van der Waals surface area contributed by atoms with E-state index in [4.69, 9.17) is 11.6 Å². The standard InChI is InChI=1S/C15H12ClNS/c16-13-3-1-2-11(8-13)10-17-14-4-5-15-12(9-14)6-7-18-15/h1-9,17H,10H2. The van der Waals surface area contributed by atoms with Crippen LogP contribution in [0.2, 0.25) is 5.02 Å². The lowest BCUT2D eigenvalue weighted by atomic mass is 10.2. The SMILES string of the molecule is Clc1cccc(CNc2ccc3sccc3c2)c1. The second-order valence-corrected chi connectivity index (χ2v) is 5.54. The topological polar surface area (TPSA) is 12.0 Å². The molecular formula is C15H12ClNS. The van der Waals surface area contributed by atoms with E-state index in [0.717, 1.165) is 17.3 Å². The lowest BCUT2D eigenvalue weighted by Gasteiger charge is -2.07. The zero-order valence-electron chi connectivity index (χ0n) is 9.69. The molecule has 3 aromatic rings. The Morgan fingerprint density at radius 3 is 2.89 bits per heavy atom. The molecule has 1 N–H and O–H groups in total. The third-order valence-electron chi connectivity index (χ3n) is 2.84. The van der Waals surface area contributed by atoms with E-state index >= 15 is 0 Å². The number of rotatable bonds is 3. The Kier molecular flexibility index (Phi) is 3.22. The quantitative estimate of drug-likeness (QED) is 0.694. The number of thiophene rings is 1. The number of hydrogen-bond acceptors (Lipinski definition) is 2. The van der Waals surface area contributed by atoms with Crippen LogP contribution in [0, 0.1) is 0 Å². The third kappa shape index (κ3) is 2.50. The summed E-state index contributed by atoms with van der Waals surface area (Å²) in [7, 11) is 0. The molecule has 3 rings (SSSR count). The predicted molar refractivity (Wildman–Crippen MR) is 80.6 cm³/mol. The van der Waals surface area contributed by atoms with Gasteiger partial charge in [0, 0.05) is 22.0 Å². The highest BCUT2D eigenvalue weighted by Gasteiger charge is 1.98. The van der Waals surface area contributed by atoms with E-state index in [0.29, 0.717) is 0 Å². The van der Waals surface area contributed by atoms with E-state index in [2.05, 4.69) is 41.0 Å². The highest BCUT2D eigenvalue weighted by molar-refractivity contribution is 7.17. The van der Waals surface area contributed by atoms with Crippen molar-refractivity contribution in [2.75, 3.05) is 5.32 Å². The molecule has 0 saturated heterocycles. The van der Waals surface area contributed by atoms with Crippen LogP contribution in [-0.4, -0.2) is 0 Å². The molecule has 0 spiro atoms. The maximum atomic E-state index is 5.96. The molecule has 1 nitrogen and oxygen atoms in total. The summed E-state index contributed by atoms with van der Waals surface area (Å²) < 4.78 is 1.32. The molecule has 0 aliphatic carbocycles. The van der Waals surface area contributed by atoms with Crippen molar-refractivity contribution in [2.45, 2.75) is 6.54 Å². The average molecular weight is 274 g/mol. The lowest BCUT2D eigenvalue weighted by molar-refractivity contribution is 1.15. The largest absolute Gasteiger partial charge is 0.381 e. The molecule has 0 amide bonds. The Hall–Kier alpha value is -1.51. The van der Waals surface area contributed by atoms with Crippen molar-refractivity contribution in [3.63, 3.8) is 0 Å². The van der Waals surface area contributed by atoms with Gasteiger partial charge in [0.05, 0.1) is 0 Å². The molecule has 0 radical (unpaired) electrons. The van der Waals surface area contributed by atoms with E-state index < -0.39 is 0 Å². The van der Waals surface area contributed by atoms with E-state index in [1.165, 1.54) is 15.6 Å².